The zero-order chi connectivity index (χ0) is 18.2. The quantitative estimate of drug-likeness (QED) is 0.850. The number of hydrogen-bond acceptors (Lipinski definition) is 5. The van der Waals surface area contributed by atoms with E-state index in [9.17, 15) is 4.79 Å². The molecule has 2 aromatic rings. The smallest absolute Gasteiger partial charge is 0.276 e. The minimum atomic E-state index is -0.195. The molecule has 6 heteroatoms. The molecule has 1 N–H and O–H groups in total. The zero-order valence-electron chi connectivity index (χ0n) is 14.7. The number of rotatable bonds is 4. The first-order valence-electron chi connectivity index (χ1n) is 9.10. The van der Waals surface area contributed by atoms with Crippen molar-refractivity contribution in [2.45, 2.75) is 12.8 Å². The van der Waals surface area contributed by atoms with Gasteiger partial charge in [0.1, 0.15) is 5.70 Å². The summed E-state index contributed by atoms with van der Waals surface area (Å²) in [6.45, 7) is 1.09. The summed E-state index contributed by atoms with van der Waals surface area (Å²) in [4.78, 5) is 19.2. The first kappa shape index (κ1) is 15.9. The Morgan fingerprint density at radius 1 is 1.11 bits per heavy atom. The van der Waals surface area contributed by atoms with E-state index >= 15 is 0 Å². The van der Waals surface area contributed by atoms with Gasteiger partial charge in [-0.15, -0.1) is 0 Å². The first-order chi connectivity index (χ1) is 13.3. The van der Waals surface area contributed by atoms with Gasteiger partial charge < -0.3 is 14.4 Å². The molecular formula is C21H19N3O3. The number of carbonyl (C=O) groups is 1. The number of fused-ring (bicyclic) bond motifs is 1. The third kappa shape index (κ3) is 3.26. The molecule has 2 aromatic carbocycles. The van der Waals surface area contributed by atoms with Crippen LogP contribution in [-0.4, -0.2) is 25.2 Å². The van der Waals surface area contributed by atoms with Crippen molar-refractivity contribution < 1.29 is 14.3 Å². The van der Waals surface area contributed by atoms with E-state index in [1.165, 1.54) is 12.8 Å². The minimum absolute atomic E-state index is 0.195. The topological polar surface area (TPSA) is 63.2 Å². The number of nitrogens with zero attached hydrogens (tertiary/aromatic N) is 2. The Kier molecular flexibility index (Phi) is 3.81. The second-order valence-electron chi connectivity index (χ2n) is 6.92. The van der Waals surface area contributed by atoms with Gasteiger partial charge in [-0.05, 0) is 54.7 Å². The summed E-state index contributed by atoms with van der Waals surface area (Å²) >= 11 is 0. The molecule has 1 saturated carbocycles. The van der Waals surface area contributed by atoms with Gasteiger partial charge in [0, 0.05) is 12.2 Å². The highest BCUT2D eigenvalue weighted by molar-refractivity contribution is 6.18. The molecule has 0 atom stereocenters. The molecule has 3 aliphatic rings. The van der Waals surface area contributed by atoms with Gasteiger partial charge in [0.2, 0.25) is 12.8 Å². The van der Waals surface area contributed by atoms with Crippen LogP contribution in [0.3, 0.4) is 0 Å². The molecule has 0 aromatic heterocycles. The number of nitrogens with one attached hydrogen (secondary N) is 1. The summed E-state index contributed by atoms with van der Waals surface area (Å²) in [5.41, 5.74) is 2.27. The fourth-order valence-electron chi connectivity index (χ4n) is 3.23. The van der Waals surface area contributed by atoms with E-state index in [4.69, 9.17) is 9.47 Å². The van der Waals surface area contributed by atoms with Crippen LogP contribution in [0.2, 0.25) is 0 Å². The number of guanidine groups is 1. The van der Waals surface area contributed by atoms with Crippen LogP contribution in [0.5, 0.6) is 11.5 Å². The lowest BCUT2D eigenvalue weighted by Gasteiger charge is -2.23. The third-order valence-electron chi connectivity index (χ3n) is 4.85. The Morgan fingerprint density at radius 2 is 1.93 bits per heavy atom. The second kappa shape index (κ2) is 6.46. The average Bonchev–Trinajstić information content (AvgIpc) is 3.27. The van der Waals surface area contributed by atoms with Crippen molar-refractivity contribution in [2.75, 3.05) is 18.2 Å². The van der Waals surface area contributed by atoms with Crippen LogP contribution in [-0.2, 0) is 4.79 Å². The van der Waals surface area contributed by atoms with E-state index in [-0.39, 0.29) is 12.7 Å². The molecule has 0 radical (unpaired) electrons. The van der Waals surface area contributed by atoms with Crippen molar-refractivity contribution in [3.8, 4) is 11.5 Å². The van der Waals surface area contributed by atoms with Crippen LogP contribution in [0.1, 0.15) is 18.4 Å². The molecular weight excluding hydrogens is 342 g/mol. The lowest BCUT2D eigenvalue weighted by atomic mass is 10.1. The number of ether oxygens (including phenoxy) is 2. The Bertz CT molecular complexity index is 948. The van der Waals surface area contributed by atoms with Gasteiger partial charge in [-0.25, -0.2) is 4.99 Å². The maximum Gasteiger partial charge on any atom is 0.276 e. The average molecular weight is 361 g/mol. The van der Waals surface area contributed by atoms with Crippen LogP contribution in [0.25, 0.3) is 6.08 Å². The number of hydrogen-bond donors (Lipinski definition) is 1. The van der Waals surface area contributed by atoms with Gasteiger partial charge in [-0.3, -0.25) is 10.1 Å². The standard InChI is InChI=1S/C21H19N3O3/c25-20-17(10-15-8-9-18-19(11-15)27-13-26-18)22-21(23-20)24(12-14-6-7-14)16-4-2-1-3-5-16/h1-5,8-11,14H,6-7,12-13H2,(H,22,23,25). The van der Waals surface area contributed by atoms with Crippen molar-refractivity contribution in [2.24, 2.45) is 10.9 Å². The Balaban J connectivity index is 1.45. The summed E-state index contributed by atoms with van der Waals surface area (Å²) in [6, 6.07) is 15.6. The lowest BCUT2D eigenvalue weighted by molar-refractivity contribution is -0.115. The lowest BCUT2D eigenvalue weighted by Crippen LogP contribution is -2.41. The van der Waals surface area contributed by atoms with E-state index in [2.05, 4.69) is 15.2 Å². The van der Waals surface area contributed by atoms with Crippen LogP contribution >= 0.6 is 0 Å². The fourth-order valence-corrected chi connectivity index (χ4v) is 3.23. The number of carbonyl (C=O) groups excluding carboxylic acids is 1. The molecule has 1 aliphatic carbocycles. The molecule has 0 saturated heterocycles. The number of para-hydroxylation sites is 1. The summed E-state index contributed by atoms with van der Waals surface area (Å²) in [6.07, 6.45) is 4.22. The number of aliphatic imine (C=N–C) groups is 1. The zero-order valence-corrected chi connectivity index (χ0v) is 14.7. The van der Waals surface area contributed by atoms with E-state index in [0.29, 0.717) is 23.3 Å². The van der Waals surface area contributed by atoms with E-state index in [0.717, 1.165) is 23.5 Å². The summed E-state index contributed by atoms with van der Waals surface area (Å²) in [7, 11) is 0. The Labute approximate surface area is 157 Å². The van der Waals surface area contributed by atoms with Gasteiger partial charge in [-0.1, -0.05) is 24.3 Å². The van der Waals surface area contributed by atoms with Crippen LogP contribution < -0.4 is 19.7 Å². The first-order valence-corrected chi connectivity index (χ1v) is 9.10. The molecule has 1 amide bonds. The normalized spacial score (nSPS) is 19.2. The monoisotopic (exact) mass is 361 g/mol. The van der Waals surface area contributed by atoms with Crippen LogP contribution in [0.15, 0.2) is 59.2 Å². The van der Waals surface area contributed by atoms with Crippen LogP contribution in [0, 0.1) is 5.92 Å². The summed E-state index contributed by atoms with van der Waals surface area (Å²) < 4.78 is 10.7. The van der Waals surface area contributed by atoms with Crippen molar-refractivity contribution in [3.05, 3.63) is 59.8 Å². The van der Waals surface area contributed by atoms with Gasteiger partial charge in [0.15, 0.2) is 11.5 Å². The molecule has 2 heterocycles. The number of benzene rings is 2. The fraction of sp³-hybridized carbons (Fsp3) is 0.238. The van der Waals surface area contributed by atoms with Gasteiger partial charge in [-0.2, -0.15) is 0 Å². The summed E-state index contributed by atoms with van der Waals surface area (Å²) in [5.74, 6) is 2.46. The highest BCUT2D eigenvalue weighted by atomic mass is 16.7. The van der Waals surface area contributed by atoms with Crippen molar-refractivity contribution in [1.29, 1.82) is 0 Å². The Hall–Kier alpha value is -3.28. The largest absolute Gasteiger partial charge is 0.454 e. The van der Waals surface area contributed by atoms with Gasteiger partial charge in [0.25, 0.3) is 5.91 Å². The minimum Gasteiger partial charge on any atom is -0.454 e. The highest BCUT2D eigenvalue weighted by Gasteiger charge is 2.30. The molecule has 136 valence electrons. The maximum absolute atomic E-state index is 12.5. The third-order valence-corrected chi connectivity index (χ3v) is 4.85. The van der Waals surface area contributed by atoms with E-state index in [1.54, 1.807) is 6.08 Å². The molecule has 2 aliphatic heterocycles. The predicted octanol–water partition coefficient (Wildman–Crippen LogP) is 3.16. The molecule has 0 bridgehead atoms. The number of anilines is 1. The number of amides is 1. The van der Waals surface area contributed by atoms with E-state index < -0.39 is 0 Å². The predicted molar refractivity (Wildman–Crippen MR) is 103 cm³/mol. The molecule has 0 unspecified atom stereocenters. The maximum atomic E-state index is 12.5. The second-order valence-corrected chi connectivity index (χ2v) is 6.92. The molecule has 27 heavy (non-hydrogen) atoms. The van der Waals surface area contributed by atoms with Gasteiger partial charge in [0.05, 0.1) is 0 Å². The Morgan fingerprint density at radius 3 is 2.74 bits per heavy atom. The molecule has 0 spiro atoms. The van der Waals surface area contributed by atoms with Crippen molar-refractivity contribution in [3.63, 3.8) is 0 Å². The molecule has 1 fully saturated rings. The van der Waals surface area contributed by atoms with Crippen LogP contribution in [0.4, 0.5) is 5.69 Å². The van der Waals surface area contributed by atoms with Crippen molar-refractivity contribution >= 4 is 23.6 Å². The SMILES string of the molecule is O=C1NC(N(CC2CC2)c2ccccc2)=NC1=Cc1ccc2c(c1)OCO2. The molecule has 5 rings (SSSR count). The van der Waals surface area contributed by atoms with E-state index in [1.807, 2.05) is 48.5 Å². The van der Waals surface area contributed by atoms with Gasteiger partial charge >= 0.3 is 0 Å². The highest BCUT2D eigenvalue weighted by Crippen LogP contribution is 2.34. The molecule has 6 nitrogen and oxygen atoms in total. The van der Waals surface area contributed by atoms with Crippen molar-refractivity contribution in [1.82, 2.24) is 5.32 Å². The summed E-state index contributed by atoms with van der Waals surface area (Å²) in [5, 5.41) is 2.92.